The highest BCUT2D eigenvalue weighted by atomic mass is 32.1. The van der Waals surface area contributed by atoms with Gasteiger partial charge in [0.15, 0.2) is 5.13 Å². The number of amides is 1. The average molecular weight is 305 g/mol. The van der Waals surface area contributed by atoms with Crippen LogP contribution in [0.4, 0.5) is 5.13 Å². The first kappa shape index (κ1) is 14.7. The van der Waals surface area contributed by atoms with Crippen molar-refractivity contribution in [1.29, 1.82) is 0 Å². The molecule has 0 aliphatic heterocycles. The summed E-state index contributed by atoms with van der Waals surface area (Å²) in [7, 11) is 0. The zero-order valence-electron chi connectivity index (χ0n) is 11.3. The lowest BCUT2D eigenvalue weighted by Crippen LogP contribution is -2.11. The lowest BCUT2D eigenvalue weighted by Gasteiger charge is -2.00. The monoisotopic (exact) mass is 305 g/mol. The van der Waals surface area contributed by atoms with Crippen molar-refractivity contribution in [2.75, 3.05) is 11.9 Å². The minimum absolute atomic E-state index is 0.175. The van der Waals surface area contributed by atoms with E-state index in [9.17, 15) is 4.79 Å². The summed E-state index contributed by atoms with van der Waals surface area (Å²) in [5, 5.41) is 7.24. The van der Waals surface area contributed by atoms with Gasteiger partial charge in [0.1, 0.15) is 4.88 Å². The maximum Gasteiger partial charge on any atom is 0.268 e. The Morgan fingerprint density at radius 1 is 1.50 bits per heavy atom. The molecule has 0 aliphatic carbocycles. The van der Waals surface area contributed by atoms with Crippen LogP contribution in [-0.4, -0.2) is 17.4 Å². The number of carbonyl (C=O) groups is 1. The third-order valence-corrected chi connectivity index (χ3v) is 4.22. The standard InChI is InChI=1S/C14H15N3OS2/c1-9(2)11-8-20-14(16-11)17-13(18)12-10(4-3-6-15)5-7-19-12/h5,7-9H,6,15H2,1-2H3,(H,16,17,18). The van der Waals surface area contributed by atoms with E-state index < -0.39 is 0 Å². The number of nitrogens with two attached hydrogens (primary N) is 1. The number of carbonyl (C=O) groups excluding carboxylic acids is 1. The predicted molar refractivity (Wildman–Crippen MR) is 84.4 cm³/mol. The van der Waals surface area contributed by atoms with Gasteiger partial charge in [-0.1, -0.05) is 25.7 Å². The van der Waals surface area contributed by atoms with Crippen molar-refractivity contribution in [2.24, 2.45) is 5.73 Å². The highest BCUT2D eigenvalue weighted by Gasteiger charge is 2.14. The van der Waals surface area contributed by atoms with Gasteiger partial charge in [-0.25, -0.2) is 4.98 Å². The molecule has 0 spiro atoms. The van der Waals surface area contributed by atoms with Gasteiger partial charge in [0, 0.05) is 10.9 Å². The van der Waals surface area contributed by atoms with E-state index in [-0.39, 0.29) is 12.5 Å². The zero-order chi connectivity index (χ0) is 14.5. The smallest absolute Gasteiger partial charge is 0.268 e. The molecule has 0 atom stereocenters. The molecule has 0 saturated heterocycles. The number of thiophene rings is 1. The molecule has 104 valence electrons. The molecule has 0 radical (unpaired) electrons. The van der Waals surface area contributed by atoms with Gasteiger partial charge < -0.3 is 5.73 Å². The van der Waals surface area contributed by atoms with E-state index in [1.807, 2.05) is 16.8 Å². The van der Waals surface area contributed by atoms with Crippen molar-refractivity contribution in [3.8, 4) is 11.8 Å². The fourth-order valence-corrected chi connectivity index (χ4v) is 3.10. The van der Waals surface area contributed by atoms with E-state index in [2.05, 4.69) is 36.0 Å². The Bertz CT molecular complexity index is 661. The van der Waals surface area contributed by atoms with Crippen molar-refractivity contribution < 1.29 is 4.79 Å². The second-order valence-corrected chi connectivity index (χ2v) is 6.13. The van der Waals surface area contributed by atoms with Crippen LogP contribution in [0.3, 0.4) is 0 Å². The largest absolute Gasteiger partial charge is 0.320 e. The molecule has 0 bridgehead atoms. The minimum atomic E-state index is -0.175. The number of nitrogens with one attached hydrogen (secondary N) is 1. The Morgan fingerprint density at radius 2 is 2.30 bits per heavy atom. The summed E-state index contributed by atoms with van der Waals surface area (Å²) in [6.07, 6.45) is 0. The van der Waals surface area contributed by atoms with Gasteiger partial charge in [0.2, 0.25) is 0 Å². The van der Waals surface area contributed by atoms with E-state index in [4.69, 9.17) is 5.73 Å². The van der Waals surface area contributed by atoms with Gasteiger partial charge >= 0.3 is 0 Å². The lowest BCUT2D eigenvalue weighted by atomic mass is 10.2. The second-order valence-electron chi connectivity index (χ2n) is 4.36. The summed E-state index contributed by atoms with van der Waals surface area (Å²) in [5.74, 6) is 5.84. The van der Waals surface area contributed by atoms with Gasteiger partial charge in [0.05, 0.1) is 12.2 Å². The number of thiazole rings is 1. The molecule has 0 unspecified atom stereocenters. The summed E-state index contributed by atoms with van der Waals surface area (Å²) in [4.78, 5) is 17.2. The third kappa shape index (κ3) is 3.45. The molecule has 3 N–H and O–H groups in total. The van der Waals surface area contributed by atoms with Crippen molar-refractivity contribution in [3.05, 3.63) is 33.0 Å². The molecule has 0 fully saturated rings. The maximum atomic E-state index is 12.2. The fraction of sp³-hybridized carbons (Fsp3) is 0.286. The Labute approximate surface area is 126 Å². The highest BCUT2D eigenvalue weighted by Crippen LogP contribution is 2.23. The molecule has 2 heterocycles. The van der Waals surface area contributed by atoms with Crippen LogP contribution in [-0.2, 0) is 0 Å². The van der Waals surface area contributed by atoms with Crippen molar-refractivity contribution in [3.63, 3.8) is 0 Å². The molecule has 1 amide bonds. The second kappa shape index (κ2) is 6.66. The number of rotatable bonds is 3. The summed E-state index contributed by atoms with van der Waals surface area (Å²) in [6.45, 7) is 4.42. The molecule has 2 aromatic rings. The summed E-state index contributed by atoms with van der Waals surface area (Å²) < 4.78 is 0. The first-order chi connectivity index (χ1) is 9.61. The number of nitrogens with zero attached hydrogens (tertiary/aromatic N) is 1. The number of anilines is 1. The molecule has 0 aromatic carbocycles. The minimum Gasteiger partial charge on any atom is -0.320 e. The lowest BCUT2D eigenvalue weighted by molar-refractivity contribution is 0.103. The predicted octanol–water partition coefficient (Wildman–Crippen LogP) is 2.89. The SMILES string of the molecule is CC(C)c1csc(NC(=O)c2sccc2C#CCN)n1. The van der Waals surface area contributed by atoms with Gasteiger partial charge in [-0.05, 0) is 17.4 Å². The van der Waals surface area contributed by atoms with Crippen LogP contribution in [0.5, 0.6) is 0 Å². The Morgan fingerprint density at radius 3 is 2.95 bits per heavy atom. The van der Waals surface area contributed by atoms with E-state index in [1.165, 1.54) is 22.7 Å². The van der Waals surface area contributed by atoms with E-state index in [0.717, 1.165) is 5.69 Å². The molecule has 6 heteroatoms. The Balaban J connectivity index is 2.13. The number of hydrogen-bond donors (Lipinski definition) is 2. The fourth-order valence-electron chi connectivity index (χ4n) is 1.49. The number of aromatic nitrogens is 1. The van der Waals surface area contributed by atoms with Crippen LogP contribution in [0.25, 0.3) is 0 Å². The van der Waals surface area contributed by atoms with Crippen molar-refractivity contribution in [1.82, 2.24) is 4.98 Å². The summed E-state index contributed by atoms with van der Waals surface area (Å²) in [6, 6.07) is 1.82. The van der Waals surface area contributed by atoms with Crippen LogP contribution >= 0.6 is 22.7 Å². The Hall–Kier alpha value is -1.68. The molecule has 0 saturated carbocycles. The van der Waals surface area contributed by atoms with Crippen LogP contribution in [0.1, 0.15) is 40.7 Å². The van der Waals surface area contributed by atoms with Crippen LogP contribution in [0, 0.1) is 11.8 Å². The average Bonchev–Trinajstić information content (AvgIpc) is 3.04. The number of hydrogen-bond acceptors (Lipinski definition) is 5. The first-order valence-electron chi connectivity index (χ1n) is 6.15. The maximum absolute atomic E-state index is 12.2. The summed E-state index contributed by atoms with van der Waals surface area (Å²) in [5.41, 5.74) is 7.04. The van der Waals surface area contributed by atoms with Crippen LogP contribution in [0.2, 0.25) is 0 Å². The molecule has 2 rings (SSSR count). The van der Waals surface area contributed by atoms with Gasteiger partial charge in [-0.15, -0.1) is 22.7 Å². The quantitative estimate of drug-likeness (QED) is 0.857. The van der Waals surface area contributed by atoms with Gasteiger partial charge in [-0.3, -0.25) is 10.1 Å². The normalized spacial score (nSPS) is 10.2. The molecule has 2 aromatic heterocycles. The van der Waals surface area contributed by atoms with Crippen LogP contribution < -0.4 is 11.1 Å². The summed E-state index contributed by atoms with van der Waals surface area (Å²) >= 11 is 2.79. The van der Waals surface area contributed by atoms with E-state index in [1.54, 1.807) is 0 Å². The molecule has 0 aliphatic rings. The molecular formula is C14H15N3OS2. The van der Waals surface area contributed by atoms with Crippen molar-refractivity contribution >= 4 is 33.7 Å². The van der Waals surface area contributed by atoms with Crippen molar-refractivity contribution in [2.45, 2.75) is 19.8 Å². The molecule has 4 nitrogen and oxygen atoms in total. The first-order valence-corrected chi connectivity index (χ1v) is 7.91. The highest BCUT2D eigenvalue weighted by molar-refractivity contribution is 7.14. The van der Waals surface area contributed by atoms with Crippen LogP contribution in [0.15, 0.2) is 16.8 Å². The molecule has 20 heavy (non-hydrogen) atoms. The van der Waals surface area contributed by atoms with E-state index >= 15 is 0 Å². The third-order valence-electron chi connectivity index (χ3n) is 2.53. The van der Waals surface area contributed by atoms with E-state index in [0.29, 0.717) is 21.5 Å². The zero-order valence-corrected chi connectivity index (χ0v) is 12.9. The van der Waals surface area contributed by atoms with Gasteiger partial charge in [0.25, 0.3) is 5.91 Å². The van der Waals surface area contributed by atoms with Gasteiger partial charge in [-0.2, -0.15) is 0 Å². The molecular weight excluding hydrogens is 290 g/mol. The topological polar surface area (TPSA) is 68.0 Å². The Kier molecular flexibility index (Phi) is 4.90.